The first kappa shape index (κ1) is 23.2. The van der Waals surface area contributed by atoms with Gasteiger partial charge in [0.2, 0.25) is 5.91 Å². The van der Waals surface area contributed by atoms with E-state index < -0.39 is 0 Å². The summed E-state index contributed by atoms with van der Waals surface area (Å²) in [7, 11) is 0. The van der Waals surface area contributed by atoms with Crippen LogP contribution < -0.4 is 16.0 Å². The molecule has 0 aromatic heterocycles. The zero-order valence-electron chi connectivity index (χ0n) is 16.4. The van der Waals surface area contributed by atoms with Crippen molar-refractivity contribution in [1.82, 2.24) is 5.32 Å². The van der Waals surface area contributed by atoms with Crippen LogP contribution in [-0.2, 0) is 4.79 Å². The first-order valence-corrected chi connectivity index (χ1v) is 10.1. The monoisotopic (exact) mass is 435 g/mol. The molecule has 3 N–H and O–H groups in total. The van der Waals surface area contributed by atoms with E-state index in [1.54, 1.807) is 48.5 Å². The van der Waals surface area contributed by atoms with Crippen molar-refractivity contribution in [2.24, 2.45) is 11.8 Å². The summed E-state index contributed by atoms with van der Waals surface area (Å²) < 4.78 is 0. The number of amides is 2. The van der Waals surface area contributed by atoms with Crippen molar-refractivity contribution in [3.63, 3.8) is 0 Å². The molecule has 1 atom stereocenters. The van der Waals surface area contributed by atoms with Gasteiger partial charge in [0.15, 0.2) is 0 Å². The van der Waals surface area contributed by atoms with E-state index in [4.69, 9.17) is 11.6 Å². The zero-order valence-corrected chi connectivity index (χ0v) is 18.0. The topological polar surface area (TPSA) is 70.2 Å². The molecule has 2 aromatic carbocycles. The molecule has 2 amide bonds. The van der Waals surface area contributed by atoms with Crippen molar-refractivity contribution in [2.45, 2.75) is 26.2 Å². The van der Waals surface area contributed by atoms with Crippen LogP contribution in [0.5, 0.6) is 0 Å². The van der Waals surface area contributed by atoms with E-state index in [0.29, 0.717) is 34.5 Å². The Bertz CT molecular complexity index is 804. The second-order valence-corrected chi connectivity index (χ2v) is 7.79. The maximum atomic E-state index is 12.3. The number of carbonyl (C=O) groups is 2. The molecule has 0 bridgehead atoms. The van der Waals surface area contributed by atoms with Gasteiger partial charge in [-0.05, 0) is 86.3 Å². The molecule has 5 nitrogen and oxygen atoms in total. The Labute approximate surface area is 183 Å². The number of piperidine rings is 1. The van der Waals surface area contributed by atoms with Gasteiger partial charge in [0.1, 0.15) is 0 Å². The summed E-state index contributed by atoms with van der Waals surface area (Å²) in [6.45, 7) is 4.24. The summed E-state index contributed by atoms with van der Waals surface area (Å²) in [5, 5.41) is 9.73. The minimum absolute atomic E-state index is 0. The molecule has 3 rings (SSSR count). The Hall–Kier alpha value is -2.08. The lowest BCUT2D eigenvalue weighted by molar-refractivity contribution is -0.117. The van der Waals surface area contributed by atoms with Gasteiger partial charge < -0.3 is 16.0 Å². The highest BCUT2D eigenvalue weighted by Gasteiger charge is 2.22. The van der Waals surface area contributed by atoms with Crippen LogP contribution in [0.15, 0.2) is 48.5 Å². The molecule has 0 spiro atoms. The molecule has 1 fully saturated rings. The number of benzene rings is 2. The van der Waals surface area contributed by atoms with Gasteiger partial charge in [-0.1, -0.05) is 18.5 Å². The average Bonchev–Trinajstić information content (AvgIpc) is 2.70. The van der Waals surface area contributed by atoms with Gasteiger partial charge in [-0.3, -0.25) is 9.59 Å². The summed E-state index contributed by atoms with van der Waals surface area (Å²) in [5.74, 6) is 0.811. The fraction of sp³-hybridized carbons (Fsp3) is 0.364. The van der Waals surface area contributed by atoms with Crippen LogP contribution in [0.2, 0.25) is 5.02 Å². The Balaban J connectivity index is 0.00000300. The first-order valence-electron chi connectivity index (χ1n) is 9.69. The molecule has 7 heteroatoms. The molecule has 156 valence electrons. The third-order valence-corrected chi connectivity index (χ3v) is 5.48. The average molecular weight is 436 g/mol. The molecule has 0 saturated carbocycles. The Morgan fingerprint density at radius 1 is 1.00 bits per heavy atom. The van der Waals surface area contributed by atoms with Crippen molar-refractivity contribution in [1.29, 1.82) is 0 Å². The molecule has 1 heterocycles. The van der Waals surface area contributed by atoms with E-state index in [1.165, 1.54) is 0 Å². The van der Waals surface area contributed by atoms with Gasteiger partial charge in [-0.25, -0.2) is 0 Å². The lowest BCUT2D eigenvalue weighted by Crippen LogP contribution is -2.32. The van der Waals surface area contributed by atoms with Crippen molar-refractivity contribution in [2.75, 3.05) is 23.7 Å². The van der Waals surface area contributed by atoms with Gasteiger partial charge in [0.05, 0.1) is 0 Å². The minimum Gasteiger partial charge on any atom is -0.326 e. The molecular weight excluding hydrogens is 409 g/mol. The highest BCUT2D eigenvalue weighted by atomic mass is 35.5. The van der Waals surface area contributed by atoms with Crippen molar-refractivity contribution >= 4 is 47.2 Å². The fourth-order valence-corrected chi connectivity index (χ4v) is 3.65. The number of hydrogen-bond acceptors (Lipinski definition) is 3. The maximum absolute atomic E-state index is 12.3. The van der Waals surface area contributed by atoms with Crippen molar-refractivity contribution in [3.8, 4) is 0 Å². The first-order chi connectivity index (χ1) is 13.5. The number of anilines is 2. The summed E-state index contributed by atoms with van der Waals surface area (Å²) in [4.78, 5) is 24.6. The third kappa shape index (κ3) is 7.03. The van der Waals surface area contributed by atoms with Gasteiger partial charge in [0.25, 0.3) is 5.91 Å². The molecule has 1 saturated heterocycles. The highest BCUT2D eigenvalue weighted by Crippen LogP contribution is 2.25. The summed E-state index contributed by atoms with van der Waals surface area (Å²) in [6.07, 6.45) is 2.80. The lowest BCUT2D eigenvalue weighted by atomic mass is 9.84. The number of hydrogen-bond donors (Lipinski definition) is 3. The number of nitrogens with one attached hydrogen (secondary N) is 3. The molecular formula is C22H27Cl2N3O2. The maximum Gasteiger partial charge on any atom is 0.255 e. The van der Waals surface area contributed by atoms with Crippen molar-refractivity contribution < 1.29 is 9.59 Å². The van der Waals surface area contributed by atoms with Crippen LogP contribution in [0.3, 0.4) is 0 Å². The van der Waals surface area contributed by atoms with Crippen LogP contribution in [0.1, 0.15) is 36.5 Å². The predicted molar refractivity (Wildman–Crippen MR) is 121 cm³/mol. The largest absolute Gasteiger partial charge is 0.326 e. The lowest BCUT2D eigenvalue weighted by Gasteiger charge is -2.27. The summed E-state index contributed by atoms with van der Waals surface area (Å²) >= 11 is 5.84. The Morgan fingerprint density at radius 2 is 1.55 bits per heavy atom. The predicted octanol–water partition coefficient (Wildman–Crippen LogP) is 4.98. The van der Waals surface area contributed by atoms with Gasteiger partial charge >= 0.3 is 0 Å². The normalized spacial score (nSPS) is 15.1. The van der Waals surface area contributed by atoms with E-state index in [0.717, 1.165) is 31.6 Å². The number of carbonyl (C=O) groups excluding carboxylic acids is 2. The highest BCUT2D eigenvalue weighted by molar-refractivity contribution is 6.30. The van der Waals surface area contributed by atoms with E-state index in [-0.39, 0.29) is 24.2 Å². The van der Waals surface area contributed by atoms with Gasteiger partial charge in [0, 0.05) is 28.4 Å². The summed E-state index contributed by atoms with van der Waals surface area (Å²) in [5.41, 5.74) is 1.93. The molecule has 0 aliphatic carbocycles. The van der Waals surface area contributed by atoms with Crippen LogP contribution in [-0.4, -0.2) is 24.9 Å². The molecule has 0 radical (unpaired) electrons. The van der Waals surface area contributed by atoms with Crippen LogP contribution in [0.25, 0.3) is 0 Å². The molecule has 1 aliphatic heterocycles. The van der Waals surface area contributed by atoms with Crippen molar-refractivity contribution in [3.05, 3.63) is 59.1 Å². The smallest absolute Gasteiger partial charge is 0.255 e. The minimum atomic E-state index is -0.204. The molecule has 1 unspecified atom stereocenters. The molecule has 1 aliphatic rings. The van der Waals surface area contributed by atoms with Gasteiger partial charge in [-0.15, -0.1) is 12.4 Å². The fourth-order valence-electron chi connectivity index (χ4n) is 3.53. The third-order valence-electron chi connectivity index (χ3n) is 5.23. The van der Waals surface area contributed by atoms with E-state index >= 15 is 0 Å². The van der Waals surface area contributed by atoms with Crippen LogP contribution >= 0.6 is 24.0 Å². The second-order valence-electron chi connectivity index (χ2n) is 7.36. The van der Waals surface area contributed by atoms with Gasteiger partial charge in [-0.2, -0.15) is 0 Å². The summed E-state index contributed by atoms with van der Waals surface area (Å²) in [6, 6.07) is 13.9. The second kappa shape index (κ2) is 11.2. The molecule has 29 heavy (non-hydrogen) atoms. The number of rotatable bonds is 6. The quantitative estimate of drug-likeness (QED) is 0.598. The number of halogens is 2. The van der Waals surface area contributed by atoms with E-state index in [2.05, 4.69) is 22.9 Å². The Morgan fingerprint density at radius 3 is 2.14 bits per heavy atom. The SMILES string of the molecule is CC(CC(=O)Nc1ccc(NC(=O)c2ccc(Cl)cc2)cc1)C1CCNCC1.Cl. The Kier molecular flexibility index (Phi) is 8.96. The standard InChI is InChI=1S/C22H26ClN3O2.ClH/c1-15(16-10-12-24-13-11-16)14-21(27)25-19-6-8-20(9-7-19)26-22(28)17-2-4-18(23)5-3-17;/h2-9,15-16,24H,10-14H2,1H3,(H,25,27)(H,26,28);1H. The van der Waals surface area contributed by atoms with E-state index in [9.17, 15) is 9.59 Å². The zero-order chi connectivity index (χ0) is 19.9. The van der Waals surface area contributed by atoms with Crippen LogP contribution in [0, 0.1) is 11.8 Å². The van der Waals surface area contributed by atoms with E-state index in [1.807, 2.05) is 0 Å². The molecule has 2 aromatic rings. The van der Waals surface area contributed by atoms with Crippen LogP contribution in [0.4, 0.5) is 11.4 Å².